The standard InChI is InChI=1S/C24H30N2O4/c1-24(2,3)26(14-17-8-5-4-6-9-17)15-19(27)16-30-21-11-7-10-20-23(21)18(13-25-20)12-22(28)29/h4-11,13,19,25,27H,12,14-16H2,1-3H3,(H,28,29). The summed E-state index contributed by atoms with van der Waals surface area (Å²) in [5.41, 5.74) is 2.56. The summed E-state index contributed by atoms with van der Waals surface area (Å²) >= 11 is 0. The first-order valence-electron chi connectivity index (χ1n) is 10.1. The van der Waals surface area contributed by atoms with Crippen molar-refractivity contribution >= 4 is 16.9 Å². The molecule has 0 saturated carbocycles. The molecule has 0 spiro atoms. The second-order valence-corrected chi connectivity index (χ2v) is 8.56. The Kier molecular flexibility index (Phi) is 6.80. The minimum Gasteiger partial charge on any atom is -0.490 e. The fourth-order valence-electron chi connectivity index (χ4n) is 3.51. The molecule has 0 aliphatic heterocycles. The number of carboxylic acid groups (broad SMARTS) is 1. The third-order valence-corrected chi connectivity index (χ3v) is 5.12. The van der Waals surface area contributed by atoms with Gasteiger partial charge in [0.2, 0.25) is 0 Å². The van der Waals surface area contributed by atoms with Crippen molar-refractivity contribution in [3.05, 3.63) is 65.9 Å². The van der Waals surface area contributed by atoms with Crippen LogP contribution in [0.3, 0.4) is 0 Å². The van der Waals surface area contributed by atoms with E-state index < -0.39 is 12.1 Å². The summed E-state index contributed by atoms with van der Waals surface area (Å²) in [6.07, 6.45) is 0.922. The molecule has 0 aliphatic carbocycles. The second kappa shape index (κ2) is 9.32. The predicted molar refractivity (Wildman–Crippen MR) is 118 cm³/mol. The zero-order chi connectivity index (χ0) is 21.7. The molecule has 1 aromatic heterocycles. The lowest BCUT2D eigenvalue weighted by molar-refractivity contribution is -0.136. The van der Waals surface area contributed by atoms with Crippen LogP contribution < -0.4 is 4.74 Å². The number of aliphatic hydroxyl groups excluding tert-OH is 1. The van der Waals surface area contributed by atoms with E-state index >= 15 is 0 Å². The van der Waals surface area contributed by atoms with Crippen molar-refractivity contribution in [2.45, 2.75) is 45.4 Å². The Morgan fingerprint density at radius 1 is 1.13 bits per heavy atom. The highest BCUT2D eigenvalue weighted by Gasteiger charge is 2.24. The zero-order valence-electron chi connectivity index (χ0n) is 17.8. The Morgan fingerprint density at radius 2 is 1.87 bits per heavy atom. The van der Waals surface area contributed by atoms with Crippen molar-refractivity contribution in [3.63, 3.8) is 0 Å². The van der Waals surface area contributed by atoms with Gasteiger partial charge in [-0.25, -0.2) is 0 Å². The number of benzene rings is 2. The lowest BCUT2D eigenvalue weighted by Crippen LogP contribution is -2.46. The van der Waals surface area contributed by atoms with Gasteiger partial charge in [-0.1, -0.05) is 36.4 Å². The van der Waals surface area contributed by atoms with E-state index in [1.807, 2.05) is 30.3 Å². The number of nitrogens with zero attached hydrogens (tertiary/aromatic N) is 1. The van der Waals surface area contributed by atoms with Crippen molar-refractivity contribution < 1.29 is 19.7 Å². The molecule has 30 heavy (non-hydrogen) atoms. The van der Waals surface area contributed by atoms with Gasteiger partial charge in [0.05, 0.1) is 6.42 Å². The van der Waals surface area contributed by atoms with Crippen LogP contribution in [0.4, 0.5) is 0 Å². The van der Waals surface area contributed by atoms with E-state index in [4.69, 9.17) is 9.84 Å². The maximum atomic E-state index is 11.2. The smallest absolute Gasteiger partial charge is 0.307 e. The number of nitrogens with one attached hydrogen (secondary N) is 1. The second-order valence-electron chi connectivity index (χ2n) is 8.56. The van der Waals surface area contributed by atoms with Gasteiger partial charge in [-0.15, -0.1) is 0 Å². The average Bonchev–Trinajstić information content (AvgIpc) is 3.09. The van der Waals surface area contributed by atoms with Gasteiger partial charge in [0, 0.05) is 35.7 Å². The largest absolute Gasteiger partial charge is 0.490 e. The van der Waals surface area contributed by atoms with E-state index in [1.54, 1.807) is 12.3 Å². The van der Waals surface area contributed by atoms with E-state index in [-0.39, 0.29) is 18.6 Å². The number of hydrogen-bond donors (Lipinski definition) is 3. The molecule has 0 saturated heterocycles. The van der Waals surface area contributed by atoms with Gasteiger partial charge in [-0.3, -0.25) is 9.69 Å². The third-order valence-electron chi connectivity index (χ3n) is 5.12. The van der Waals surface area contributed by atoms with E-state index in [0.717, 1.165) is 17.4 Å². The number of aliphatic carboxylic acids is 1. The lowest BCUT2D eigenvalue weighted by atomic mass is 10.0. The fraction of sp³-hybridized carbons (Fsp3) is 0.375. The Labute approximate surface area is 177 Å². The number of aliphatic hydroxyl groups is 1. The minimum absolute atomic E-state index is 0.0855. The van der Waals surface area contributed by atoms with Crippen molar-refractivity contribution in [1.29, 1.82) is 0 Å². The summed E-state index contributed by atoms with van der Waals surface area (Å²) in [5.74, 6) is -0.318. The summed E-state index contributed by atoms with van der Waals surface area (Å²) < 4.78 is 5.94. The maximum Gasteiger partial charge on any atom is 0.307 e. The molecule has 6 heteroatoms. The quantitative estimate of drug-likeness (QED) is 0.499. The summed E-state index contributed by atoms with van der Waals surface area (Å²) in [6.45, 7) is 7.70. The van der Waals surface area contributed by atoms with Gasteiger partial charge >= 0.3 is 5.97 Å². The minimum atomic E-state index is -0.896. The van der Waals surface area contributed by atoms with Gasteiger partial charge in [-0.05, 0) is 44.0 Å². The molecule has 1 heterocycles. The van der Waals surface area contributed by atoms with Crippen LogP contribution in [0.1, 0.15) is 31.9 Å². The SMILES string of the molecule is CC(C)(C)N(Cc1ccccc1)CC(O)COc1cccc2[nH]cc(CC(=O)O)c12. The molecule has 0 radical (unpaired) electrons. The molecule has 6 nitrogen and oxygen atoms in total. The first kappa shape index (κ1) is 21.9. The number of carbonyl (C=O) groups is 1. The number of aromatic amines is 1. The summed E-state index contributed by atoms with van der Waals surface area (Å²) in [4.78, 5) is 16.5. The molecule has 2 aromatic carbocycles. The molecule has 0 bridgehead atoms. The number of aromatic nitrogens is 1. The van der Waals surface area contributed by atoms with Crippen LogP contribution in [0, 0.1) is 0 Å². The number of ether oxygens (including phenoxy) is 1. The number of rotatable bonds is 9. The highest BCUT2D eigenvalue weighted by Crippen LogP contribution is 2.29. The van der Waals surface area contributed by atoms with Gasteiger partial charge in [0.1, 0.15) is 18.5 Å². The van der Waals surface area contributed by atoms with Crippen LogP contribution >= 0.6 is 0 Å². The van der Waals surface area contributed by atoms with Crippen LogP contribution in [0.2, 0.25) is 0 Å². The molecular weight excluding hydrogens is 380 g/mol. The number of carboxylic acids is 1. The Morgan fingerprint density at radius 3 is 2.53 bits per heavy atom. The van der Waals surface area contributed by atoms with Crippen LogP contribution in [-0.4, -0.2) is 50.9 Å². The lowest BCUT2D eigenvalue weighted by Gasteiger charge is -2.37. The fourth-order valence-corrected chi connectivity index (χ4v) is 3.51. The molecule has 3 aromatic rings. The third kappa shape index (κ3) is 5.62. The van der Waals surface area contributed by atoms with Crippen LogP contribution in [0.5, 0.6) is 5.75 Å². The Hall–Kier alpha value is -2.83. The number of fused-ring (bicyclic) bond motifs is 1. The topological polar surface area (TPSA) is 85.8 Å². The average molecular weight is 411 g/mol. The van der Waals surface area contributed by atoms with E-state index in [9.17, 15) is 9.90 Å². The summed E-state index contributed by atoms with van der Waals surface area (Å²) in [6, 6.07) is 15.7. The Balaban J connectivity index is 1.69. The molecular formula is C24H30N2O4. The van der Waals surface area contributed by atoms with E-state index in [0.29, 0.717) is 17.9 Å². The highest BCUT2D eigenvalue weighted by molar-refractivity contribution is 5.91. The number of hydrogen-bond acceptors (Lipinski definition) is 4. The maximum absolute atomic E-state index is 11.2. The predicted octanol–water partition coefficient (Wildman–Crippen LogP) is 3.84. The van der Waals surface area contributed by atoms with E-state index in [1.165, 1.54) is 5.56 Å². The highest BCUT2D eigenvalue weighted by atomic mass is 16.5. The molecule has 0 amide bonds. The van der Waals surface area contributed by atoms with Crippen molar-refractivity contribution in [1.82, 2.24) is 9.88 Å². The normalized spacial score (nSPS) is 13.0. The van der Waals surface area contributed by atoms with Gasteiger partial charge in [-0.2, -0.15) is 0 Å². The van der Waals surface area contributed by atoms with E-state index in [2.05, 4.69) is 42.8 Å². The monoisotopic (exact) mass is 410 g/mol. The molecule has 0 aliphatic rings. The Bertz CT molecular complexity index is 976. The molecule has 1 unspecified atom stereocenters. The number of β-amino-alcohol motifs (C(OH)–C–C–N with tert-alkyl or cyclic N) is 1. The first-order chi connectivity index (χ1) is 14.2. The zero-order valence-corrected chi connectivity index (χ0v) is 17.8. The summed E-state index contributed by atoms with van der Waals surface area (Å²) in [7, 11) is 0. The van der Waals surface area contributed by atoms with Crippen LogP contribution in [-0.2, 0) is 17.8 Å². The molecule has 1 atom stereocenters. The van der Waals surface area contributed by atoms with Gasteiger partial charge in [0.15, 0.2) is 0 Å². The molecule has 3 rings (SSSR count). The van der Waals surface area contributed by atoms with Crippen molar-refractivity contribution in [3.8, 4) is 5.75 Å². The van der Waals surface area contributed by atoms with Gasteiger partial charge in [0.25, 0.3) is 0 Å². The van der Waals surface area contributed by atoms with Crippen LogP contribution in [0.15, 0.2) is 54.7 Å². The molecule has 0 fully saturated rings. The summed E-state index contributed by atoms with van der Waals surface area (Å²) in [5, 5.41) is 20.6. The van der Waals surface area contributed by atoms with Crippen molar-refractivity contribution in [2.75, 3.05) is 13.2 Å². The van der Waals surface area contributed by atoms with Crippen LogP contribution in [0.25, 0.3) is 10.9 Å². The van der Waals surface area contributed by atoms with Crippen molar-refractivity contribution in [2.24, 2.45) is 0 Å². The number of H-pyrrole nitrogens is 1. The molecule has 3 N–H and O–H groups in total. The first-order valence-corrected chi connectivity index (χ1v) is 10.1. The molecule has 160 valence electrons. The van der Waals surface area contributed by atoms with Gasteiger partial charge < -0.3 is 19.9 Å².